The first kappa shape index (κ1) is 35.1. The lowest BCUT2D eigenvalue weighted by Crippen LogP contribution is -2.51. The zero-order chi connectivity index (χ0) is 34.0. The highest BCUT2D eigenvalue weighted by Gasteiger charge is 2.25. The van der Waals surface area contributed by atoms with Crippen molar-refractivity contribution < 1.29 is 24.2 Å². The summed E-state index contributed by atoms with van der Waals surface area (Å²) in [7, 11) is 0. The summed E-state index contributed by atoms with van der Waals surface area (Å²) in [6.07, 6.45) is 7.87. The predicted molar refractivity (Wildman–Crippen MR) is 185 cm³/mol. The largest absolute Gasteiger partial charge is 0.494 e. The Hall–Kier alpha value is -4.79. The van der Waals surface area contributed by atoms with E-state index in [0.29, 0.717) is 18.0 Å². The molecule has 248 valence electrons. The lowest BCUT2D eigenvalue weighted by atomic mass is 9.86. The molecular formula is C38H46N4O5. The highest BCUT2D eigenvalue weighted by atomic mass is 16.5. The summed E-state index contributed by atoms with van der Waals surface area (Å²) in [6.45, 7) is 10.5. The molecule has 0 bridgehead atoms. The standard InChI is InChI=1S/C38H46N4O5/c1-6-7-8-9-10-21-47-31-19-20-32-29(23-31)24-39-34(41-32)27-13-11-26(12-14-27)22-33(36(44)40-25(2)37(45)46)42-35(43)28-15-17-30(18-16-28)38(3,4)5/h11-20,23-25,33H,6-10,21-22H2,1-5H3,(H,40,44)(H,42,43)(H,45,46). The SMILES string of the molecule is CCCCCCCOc1ccc2nc(-c3ccc(CC(NC(=O)c4ccc(C(C)(C)C)cc4)C(=O)NC(C)C(=O)O)cc3)ncc2c1. The van der Waals surface area contributed by atoms with Gasteiger partial charge >= 0.3 is 5.97 Å². The molecule has 2 atom stereocenters. The second-order valence-electron chi connectivity index (χ2n) is 13.0. The van der Waals surface area contributed by atoms with Crippen LogP contribution in [0.1, 0.15) is 88.2 Å². The summed E-state index contributed by atoms with van der Waals surface area (Å²) < 4.78 is 5.93. The molecule has 0 saturated heterocycles. The van der Waals surface area contributed by atoms with Crippen LogP contribution in [0.2, 0.25) is 0 Å². The van der Waals surface area contributed by atoms with Gasteiger partial charge in [-0.05, 0) is 60.2 Å². The van der Waals surface area contributed by atoms with Crippen molar-refractivity contribution in [2.24, 2.45) is 0 Å². The van der Waals surface area contributed by atoms with Crippen LogP contribution in [0.4, 0.5) is 0 Å². The van der Waals surface area contributed by atoms with E-state index >= 15 is 0 Å². The van der Waals surface area contributed by atoms with Crippen LogP contribution in [0.3, 0.4) is 0 Å². The molecule has 0 aliphatic carbocycles. The predicted octanol–water partition coefficient (Wildman–Crippen LogP) is 6.87. The van der Waals surface area contributed by atoms with Gasteiger partial charge in [-0.15, -0.1) is 0 Å². The van der Waals surface area contributed by atoms with E-state index in [2.05, 4.69) is 43.3 Å². The summed E-state index contributed by atoms with van der Waals surface area (Å²) in [5.41, 5.74) is 3.80. The quantitative estimate of drug-likeness (QED) is 0.121. The van der Waals surface area contributed by atoms with Crippen molar-refractivity contribution in [2.45, 2.75) is 90.6 Å². The smallest absolute Gasteiger partial charge is 0.325 e. The topological polar surface area (TPSA) is 131 Å². The third-order valence-corrected chi connectivity index (χ3v) is 8.08. The van der Waals surface area contributed by atoms with E-state index < -0.39 is 29.9 Å². The van der Waals surface area contributed by atoms with Crippen LogP contribution < -0.4 is 15.4 Å². The zero-order valence-electron chi connectivity index (χ0n) is 28.0. The van der Waals surface area contributed by atoms with Crippen LogP contribution in [0.25, 0.3) is 22.3 Å². The molecule has 47 heavy (non-hydrogen) atoms. The molecule has 2 amide bonds. The Morgan fingerprint density at radius 2 is 1.60 bits per heavy atom. The van der Waals surface area contributed by atoms with Crippen molar-refractivity contribution in [2.75, 3.05) is 6.61 Å². The number of carboxylic acid groups (broad SMARTS) is 1. The Balaban J connectivity index is 1.45. The molecule has 0 aliphatic rings. The van der Waals surface area contributed by atoms with Gasteiger partial charge in [0, 0.05) is 29.1 Å². The fourth-order valence-electron chi connectivity index (χ4n) is 5.11. The number of rotatable bonds is 15. The molecular weight excluding hydrogens is 592 g/mol. The number of carbonyl (C=O) groups is 3. The molecule has 4 aromatic rings. The van der Waals surface area contributed by atoms with Gasteiger partial charge in [-0.2, -0.15) is 0 Å². The van der Waals surface area contributed by atoms with Gasteiger partial charge in [0.25, 0.3) is 5.91 Å². The van der Waals surface area contributed by atoms with E-state index in [9.17, 15) is 19.5 Å². The number of benzene rings is 3. The first-order valence-electron chi connectivity index (χ1n) is 16.4. The number of aliphatic carboxylic acids is 1. The molecule has 3 aromatic carbocycles. The van der Waals surface area contributed by atoms with Gasteiger partial charge < -0.3 is 20.5 Å². The summed E-state index contributed by atoms with van der Waals surface area (Å²) >= 11 is 0. The summed E-state index contributed by atoms with van der Waals surface area (Å²) in [5, 5.41) is 15.5. The molecule has 1 aromatic heterocycles. The molecule has 0 aliphatic heterocycles. The highest BCUT2D eigenvalue weighted by molar-refractivity contribution is 5.98. The molecule has 3 N–H and O–H groups in total. The fraction of sp³-hybridized carbons (Fsp3) is 0.395. The minimum atomic E-state index is -1.16. The van der Waals surface area contributed by atoms with E-state index in [1.165, 1.54) is 32.6 Å². The number of nitrogens with zero attached hydrogens (tertiary/aromatic N) is 2. The van der Waals surface area contributed by atoms with Gasteiger partial charge in [0.2, 0.25) is 5.91 Å². The number of hydrogen-bond donors (Lipinski definition) is 3. The maximum Gasteiger partial charge on any atom is 0.325 e. The Morgan fingerprint density at radius 1 is 0.894 bits per heavy atom. The van der Waals surface area contributed by atoms with E-state index in [0.717, 1.165) is 39.8 Å². The molecule has 9 heteroatoms. The second-order valence-corrected chi connectivity index (χ2v) is 13.0. The number of fused-ring (bicyclic) bond motifs is 1. The lowest BCUT2D eigenvalue weighted by molar-refractivity contribution is -0.141. The lowest BCUT2D eigenvalue weighted by Gasteiger charge is -2.21. The number of carboxylic acids is 1. The minimum Gasteiger partial charge on any atom is -0.494 e. The summed E-state index contributed by atoms with van der Waals surface area (Å²) in [5.74, 6) is -0.802. The van der Waals surface area contributed by atoms with E-state index in [-0.39, 0.29) is 11.8 Å². The highest BCUT2D eigenvalue weighted by Crippen LogP contribution is 2.24. The van der Waals surface area contributed by atoms with Gasteiger partial charge in [0.15, 0.2) is 5.82 Å². The third-order valence-electron chi connectivity index (χ3n) is 8.08. The van der Waals surface area contributed by atoms with E-state index in [4.69, 9.17) is 9.72 Å². The Morgan fingerprint density at radius 3 is 2.26 bits per heavy atom. The van der Waals surface area contributed by atoms with Crippen LogP contribution in [-0.4, -0.2) is 51.5 Å². The van der Waals surface area contributed by atoms with Crippen LogP contribution >= 0.6 is 0 Å². The molecule has 4 rings (SSSR count). The fourth-order valence-corrected chi connectivity index (χ4v) is 5.11. The van der Waals surface area contributed by atoms with Crippen molar-refractivity contribution in [1.29, 1.82) is 0 Å². The zero-order valence-corrected chi connectivity index (χ0v) is 28.0. The van der Waals surface area contributed by atoms with Gasteiger partial charge in [0.1, 0.15) is 17.8 Å². The van der Waals surface area contributed by atoms with Crippen LogP contribution in [0, 0.1) is 0 Å². The number of unbranched alkanes of at least 4 members (excludes halogenated alkanes) is 4. The second kappa shape index (κ2) is 16.2. The minimum absolute atomic E-state index is 0.0696. The average molecular weight is 639 g/mol. The Labute approximate surface area is 277 Å². The summed E-state index contributed by atoms with van der Waals surface area (Å²) in [4.78, 5) is 47.0. The molecule has 9 nitrogen and oxygen atoms in total. The van der Waals surface area contributed by atoms with Crippen molar-refractivity contribution in [3.8, 4) is 17.1 Å². The number of nitrogens with one attached hydrogen (secondary N) is 2. The maximum atomic E-state index is 13.2. The van der Waals surface area contributed by atoms with Gasteiger partial charge in [0.05, 0.1) is 12.1 Å². The third kappa shape index (κ3) is 10.1. The number of carbonyl (C=O) groups excluding carboxylic acids is 2. The van der Waals surface area contributed by atoms with Gasteiger partial charge in [-0.3, -0.25) is 14.4 Å². The van der Waals surface area contributed by atoms with Crippen molar-refractivity contribution in [3.63, 3.8) is 0 Å². The normalized spacial score (nSPS) is 12.7. The maximum absolute atomic E-state index is 13.2. The average Bonchev–Trinajstić information content (AvgIpc) is 3.05. The van der Waals surface area contributed by atoms with Crippen molar-refractivity contribution in [3.05, 3.63) is 89.6 Å². The van der Waals surface area contributed by atoms with Gasteiger partial charge in [-0.1, -0.05) is 89.8 Å². The molecule has 2 unspecified atom stereocenters. The van der Waals surface area contributed by atoms with Crippen LogP contribution in [-0.2, 0) is 21.4 Å². The Kier molecular flexibility index (Phi) is 12.1. The molecule has 1 heterocycles. The first-order chi connectivity index (χ1) is 22.4. The van der Waals surface area contributed by atoms with E-state index in [1.54, 1.807) is 18.3 Å². The molecule has 0 saturated carbocycles. The van der Waals surface area contributed by atoms with Crippen molar-refractivity contribution >= 4 is 28.7 Å². The number of amides is 2. The van der Waals surface area contributed by atoms with Crippen LogP contribution in [0.15, 0.2) is 72.9 Å². The first-order valence-corrected chi connectivity index (χ1v) is 16.4. The van der Waals surface area contributed by atoms with Gasteiger partial charge in [-0.25, -0.2) is 9.97 Å². The van der Waals surface area contributed by atoms with Crippen LogP contribution in [0.5, 0.6) is 5.75 Å². The van der Waals surface area contributed by atoms with Crippen molar-refractivity contribution in [1.82, 2.24) is 20.6 Å². The monoisotopic (exact) mass is 638 g/mol. The Bertz CT molecular complexity index is 1660. The molecule has 0 radical (unpaired) electrons. The number of aromatic nitrogens is 2. The van der Waals surface area contributed by atoms with E-state index in [1.807, 2.05) is 54.6 Å². The number of ether oxygens (including phenoxy) is 1. The molecule has 0 fully saturated rings. The molecule has 0 spiro atoms. The summed E-state index contributed by atoms with van der Waals surface area (Å²) in [6, 6.07) is 18.4. The number of hydrogen-bond acceptors (Lipinski definition) is 6.